The highest BCUT2D eigenvalue weighted by Crippen LogP contribution is 2.12. The number of carbonyl (C=O) groups is 1. The number of benzene rings is 1. The Kier molecular flexibility index (Phi) is 2.59. The number of aromatic nitrogens is 1. The minimum absolute atomic E-state index is 0.0414. The van der Waals surface area contributed by atoms with Gasteiger partial charge in [-0.1, -0.05) is 24.3 Å². The molecule has 0 atom stereocenters. The summed E-state index contributed by atoms with van der Waals surface area (Å²) >= 11 is 2.90. The fourth-order valence-electron chi connectivity index (χ4n) is 1.35. The number of hydrogen-bond acceptors (Lipinski definition) is 2. The summed E-state index contributed by atoms with van der Waals surface area (Å²) in [6.07, 6.45) is 0.338. The molecule has 3 heteroatoms. The third kappa shape index (κ3) is 1.99. The topological polar surface area (TPSA) is 30.0 Å². The SMILES string of the molecule is O=C(Br)Cc1ccc2ccccc2n1. The van der Waals surface area contributed by atoms with Crippen molar-refractivity contribution in [2.24, 2.45) is 0 Å². The van der Waals surface area contributed by atoms with Crippen molar-refractivity contribution in [1.82, 2.24) is 4.98 Å². The van der Waals surface area contributed by atoms with Crippen LogP contribution in [0.2, 0.25) is 0 Å². The first-order valence-electron chi connectivity index (χ1n) is 4.29. The summed E-state index contributed by atoms with van der Waals surface area (Å²) in [5.41, 5.74) is 1.73. The fraction of sp³-hybridized carbons (Fsp3) is 0.0909. The maximum absolute atomic E-state index is 10.8. The molecule has 0 aliphatic carbocycles. The van der Waals surface area contributed by atoms with Gasteiger partial charge < -0.3 is 0 Å². The van der Waals surface area contributed by atoms with Crippen molar-refractivity contribution in [2.75, 3.05) is 0 Å². The molecule has 0 saturated carbocycles. The van der Waals surface area contributed by atoms with Crippen LogP contribution in [0, 0.1) is 0 Å². The van der Waals surface area contributed by atoms with E-state index in [2.05, 4.69) is 20.9 Å². The van der Waals surface area contributed by atoms with Crippen molar-refractivity contribution < 1.29 is 4.79 Å². The van der Waals surface area contributed by atoms with Crippen LogP contribution in [-0.4, -0.2) is 9.68 Å². The lowest BCUT2D eigenvalue weighted by Crippen LogP contribution is -1.96. The third-order valence-corrected chi connectivity index (χ3v) is 2.26. The Hall–Kier alpha value is -1.22. The predicted molar refractivity (Wildman–Crippen MR) is 59.4 cm³/mol. The van der Waals surface area contributed by atoms with E-state index in [0.717, 1.165) is 16.6 Å². The van der Waals surface area contributed by atoms with E-state index in [-0.39, 0.29) is 4.69 Å². The Morgan fingerprint density at radius 3 is 2.79 bits per heavy atom. The first kappa shape index (κ1) is 9.34. The van der Waals surface area contributed by atoms with Gasteiger partial charge in [0.25, 0.3) is 0 Å². The molecule has 2 rings (SSSR count). The Morgan fingerprint density at radius 2 is 2.00 bits per heavy atom. The first-order valence-corrected chi connectivity index (χ1v) is 5.08. The number of rotatable bonds is 2. The summed E-state index contributed by atoms with van der Waals surface area (Å²) in [7, 11) is 0. The average molecular weight is 250 g/mol. The molecule has 70 valence electrons. The lowest BCUT2D eigenvalue weighted by molar-refractivity contribution is -0.109. The molecule has 0 bridgehead atoms. The predicted octanol–water partition coefficient (Wildman–Crippen LogP) is 2.70. The Labute approximate surface area is 90.1 Å². The molecule has 0 radical (unpaired) electrons. The van der Waals surface area contributed by atoms with Crippen molar-refractivity contribution >= 4 is 31.5 Å². The molecule has 1 aromatic heterocycles. The van der Waals surface area contributed by atoms with Gasteiger partial charge in [-0.25, -0.2) is 0 Å². The van der Waals surface area contributed by atoms with E-state index in [4.69, 9.17) is 0 Å². The van der Waals surface area contributed by atoms with Gasteiger partial charge in [-0.3, -0.25) is 9.78 Å². The van der Waals surface area contributed by atoms with E-state index in [1.54, 1.807) is 0 Å². The van der Waals surface area contributed by atoms with Crippen molar-refractivity contribution in [3.8, 4) is 0 Å². The van der Waals surface area contributed by atoms with Gasteiger partial charge in [0.15, 0.2) is 0 Å². The number of para-hydroxylation sites is 1. The molecular weight excluding hydrogens is 242 g/mol. The summed E-state index contributed by atoms with van der Waals surface area (Å²) in [5.74, 6) is 0. The molecule has 0 amide bonds. The highest BCUT2D eigenvalue weighted by atomic mass is 79.9. The van der Waals surface area contributed by atoms with Crippen molar-refractivity contribution in [1.29, 1.82) is 0 Å². The first-order chi connectivity index (χ1) is 6.75. The van der Waals surface area contributed by atoms with Crippen LogP contribution < -0.4 is 0 Å². The standard InChI is InChI=1S/C11H8BrNO/c12-11(14)7-9-6-5-8-3-1-2-4-10(8)13-9/h1-6H,7H2. The molecule has 0 saturated heterocycles. The zero-order chi connectivity index (χ0) is 9.97. The number of carbonyl (C=O) groups excluding carboxylic acids is 1. The Morgan fingerprint density at radius 1 is 1.21 bits per heavy atom. The summed E-state index contributed by atoms with van der Waals surface area (Å²) in [6.45, 7) is 0. The van der Waals surface area contributed by atoms with Crippen molar-refractivity contribution in [3.05, 3.63) is 42.1 Å². The highest BCUT2D eigenvalue weighted by Gasteiger charge is 2.01. The van der Waals surface area contributed by atoms with Crippen LogP contribution in [0.25, 0.3) is 10.9 Å². The van der Waals surface area contributed by atoms with Gasteiger partial charge in [-0.15, -0.1) is 0 Å². The largest absolute Gasteiger partial charge is 0.286 e. The lowest BCUT2D eigenvalue weighted by Gasteiger charge is -1.99. The fourth-order valence-corrected chi connectivity index (χ4v) is 1.64. The van der Waals surface area contributed by atoms with Crippen molar-refractivity contribution in [2.45, 2.75) is 6.42 Å². The van der Waals surface area contributed by atoms with E-state index in [0.29, 0.717) is 6.42 Å². The summed E-state index contributed by atoms with van der Waals surface area (Å²) in [5, 5.41) is 1.10. The van der Waals surface area contributed by atoms with E-state index >= 15 is 0 Å². The number of halogens is 1. The molecule has 2 aromatic rings. The second-order valence-corrected chi connectivity index (χ2v) is 3.91. The minimum Gasteiger partial charge on any atom is -0.286 e. The molecular formula is C11H8BrNO. The maximum atomic E-state index is 10.8. The second kappa shape index (κ2) is 3.88. The molecule has 0 fully saturated rings. The molecule has 1 heterocycles. The molecule has 0 N–H and O–H groups in total. The minimum atomic E-state index is -0.0414. The maximum Gasteiger partial charge on any atom is 0.203 e. The van der Waals surface area contributed by atoms with E-state index < -0.39 is 0 Å². The van der Waals surface area contributed by atoms with Crippen LogP contribution in [0.5, 0.6) is 0 Å². The lowest BCUT2D eigenvalue weighted by atomic mass is 10.2. The number of nitrogens with zero attached hydrogens (tertiary/aromatic N) is 1. The van der Waals surface area contributed by atoms with Crippen LogP contribution in [0.15, 0.2) is 36.4 Å². The monoisotopic (exact) mass is 249 g/mol. The summed E-state index contributed by atoms with van der Waals surface area (Å²) < 4.78 is -0.0414. The highest BCUT2D eigenvalue weighted by molar-refractivity contribution is 9.18. The smallest absolute Gasteiger partial charge is 0.203 e. The number of hydrogen-bond donors (Lipinski definition) is 0. The molecule has 0 spiro atoms. The van der Waals surface area contributed by atoms with Gasteiger partial charge in [0.2, 0.25) is 4.69 Å². The normalized spacial score (nSPS) is 10.4. The van der Waals surface area contributed by atoms with Gasteiger partial charge in [-0.05, 0) is 28.1 Å². The van der Waals surface area contributed by atoms with E-state index in [1.165, 1.54) is 0 Å². The Balaban J connectivity index is 2.46. The average Bonchev–Trinajstić information content (AvgIpc) is 2.17. The van der Waals surface area contributed by atoms with Crippen LogP contribution in [-0.2, 0) is 11.2 Å². The molecule has 0 aliphatic rings. The quantitative estimate of drug-likeness (QED) is 0.767. The zero-order valence-electron chi connectivity index (χ0n) is 7.40. The molecule has 0 aliphatic heterocycles. The van der Waals surface area contributed by atoms with Gasteiger partial charge in [-0.2, -0.15) is 0 Å². The van der Waals surface area contributed by atoms with Crippen LogP contribution >= 0.6 is 15.9 Å². The molecule has 14 heavy (non-hydrogen) atoms. The Bertz CT molecular complexity index is 481. The van der Waals surface area contributed by atoms with E-state index in [9.17, 15) is 4.79 Å². The van der Waals surface area contributed by atoms with Gasteiger partial charge in [0.05, 0.1) is 11.9 Å². The van der Waals surface area contributed by atoms with E-state index in [1.807, 2.05) is 36.4 Å². The number of pyridine rings is 1. The van der Waals surface area contributed by atoms with Crippen LogP contribution in [0.4, 0.5) is 0 Å². The summed E-state index contributed by atoms with van der Waals surface area (Å²) in [6, 6.07) is 11.7. The zero-order valence-corrected chi connectivity index (χ0v) is 8.99. The van der Waals surface area contributed by atoms with Gasteiger partial charge >= 0.3 is 0 Å². The number of fused-ring (bicyclic) bond motifs is 1. The van der Waals surface area contributed by atoms with Crippen molar-refractivity contribution in [3.63, 3.8) is 0 Å². The molecule has 2 nitrogen and oxygen atoms in total. The van der Waals surface area contributed by atoms with Gasteiger partial charge in [0.1, 0.15) is 0 Å². The third-order valence-electron chi connectivity index (χ3n) is 1.98. The van der Waals surface area contributed by atoms with Gasteiger partial charge in [0, 0.05) is 11.1 Å². The summed E-state index contributed by atoms with van der Waals surface area (Å²) in [4.78, 5) is 15.2. The van der Waals surface area contributed by atoms with Crippen LogP contribution in [0.1, 0.15) is 5.69 Å². The molecule has 0 unspecified atom stereocenters. The molecule has 1 aromatic carbocycles. The second-order valence-electron chi connectivity index (χ2n) is 3.03. The van der Waals surface area contributed by atoms with Crippen LogP contribution in [0.3, 0.4) is 0 Å².